The number of nitrogens with zero attached hydrogens (tertiary/aromatic N) is 1. The molecule has 0 spiro atoms. The first-order chi connectivity index (χ1) is 3.84. The van der Waals surface area contributed by atoms with Crippen LogP contribution in [0.2, 0.25) is 0 Å². The van der Waals surface area contributed by atoms with E-state index in [0.717, 1.165) is 16.8 Å². The van der Waals surface area contributed by atoms with Crippen LogP contribution in [0.15, 0.2) is 15.5 Å². The smallest absolute Gasteiger partial charge is 0.192 e. The predicted octanol–water partition coefficient (Wildman–Crippen LogP) is 2.42. The van der Waals surface area contributed by atoms with Gasteiger partial charge in [-0.3, -0.25) is 0 Å². The Morgan fingerprint density at radius 3 is 2.67 bits per heavy atom. The standard InChI is InChI=1S/C5H6BrNO.ClH/c1-2-4-5(6)8-3-7-4;/h3H,2H2,1H3;1H. The van der Waals surface area contributed by atoms with Crippen LogP contribution in [0.4, 0.5) is 0 Å². The van der Waals surface area contributed by atoms with Crippen molar-refractivity contribution in [2.24, 2.45) is 0 Å². The molecule has 1 rings (SSSR count). The van der Waals surface area contributed by atoms with Crippen LogP contribution in [0.25, 0.3) is 0 Å². The number of oxazole rings is 1. The van der Waals surface area contributed by atoms with Crippen molar-refractivity contribution in [3.8, 4) is 0 Å². The lowest BCUT2D eigenvalue weighted by atomic mass is 10.4. The first kappa shape index (κ1) is 8.98. The third-order valence-corrected chi connectivity index (χ3v) is 1.57. The molecule has 9 heavy (non-hydrogen) atoms. The van der Waals surface area contributed by atoms with Gasteiger partial charge in [0.05, 0.1) is 5.69 Å². The summed E-state index contributed by atoms with van der Waals surface area (Å²) in [5, 5.41) is 0. The second-order valence-electron chi connectivity index (χ2n) is 1.43. The molecule has 0 radical (unpaired) electrons. The normalized spacial score (nSPS) is 8.67. The summed E-state index contributed by atoms with van der Waals surface area (Å²) in [6.45, 7) is 2.03. The highest BCUT2D eigenvalue weighted by Gasteiger charge is 1.98. The molecule has 0 aromatic carbocycles. The zero-order valence-corrected chi connectivity index (χ0v) is 7.33. The summed E-state index contributed by atoms with van der Waals surface area (Å²) in [5.74, 6) is 0. The monoisotopic (exact) mass is 211 g/mol. The van der Waals surface area contributed by atoms with Crippen molar-refractivity contribution in [3.63, 3.8) is 0 Å². The molecule has 0 unspecified atom stereocenters. The zero-order valence-electron chi connectivity index (χ0n) is 4.93. The van der Waals surface area contributed by atoms with E-state index in [2.05, 4.69) is 20.9 Å². The molecule has 0 aliphatic heterocycles. The summed E-state index contributed by atoms with van der Waals surface area (Å²) in [6, 6.07) is 0. The second kappa shape index (κ2) is 3.90. The Morgan fingerprint density at radius 2 is 2.44 bits per heavy atom. The van der Waals surface area contributed by atoms with Crippen LogP contribution in [0, 0.1) is 0 Å². The fraction of sp³-hybridized carbons (Fsp3) is 0.400. The third-order valence-electron chi connectivity index (χ3n) is 0.926. The number of aromatic nitrogens is 1. The quantitative estimate of drug-likeness (QED) is 0.714. The van der Waals surface area contributed by atoms with Crippen LogP contribution in [0.3, 0.4) is 0 Å². The van der Waals surface area contributed by atoms with Gasteiger partial charge in [0.2, 0.25) is 0 Å². The number of halogens is 2. The van der Waals surface area contributed by atoms with Crippen LogP contribution < -0.4 is 0 Å². The molecule has 0 N–H and O–H groups in total. The van der Waals surface area contributed by atoms with Gasteiger partial charge >= 0.3 is 0 Å². The molecule has 0 fully saturated rings. The average Bonchev–Trinajstić information content (AvgIpc) is 2.14. The predicted molar refractivity (Wildman–Crippen MR) is 40.8 cm³/mol. The van der Waals surface area contributed by atoms with Gasteiger partial charge in [0, 0.05) is 0 Å². The highest BCUT2D eigenvalue weighted by atomic mass is 79.9. The molecular weight excluding hydrogens is 205 g/mol. The minimum Gasteiger partial charge on any atom is -0.436 e. The van der Waals surface area contributed by atoms with Gasteiger partial charge in [-0.15, -0.1) is 12.4 Å². The molecule has 0 aliphatic rings. The lowest BCUT2D eigenvalue weighted by molar-refractivity contribution is 0.531. The first-order valence-electron chi connectivity index (χ1n) is 2.42. The van der Waals surface area contributed by atoms with E-state index in [1.54, 1.807) is 0 Å². The molecule has 1 aromatic heterocycles. The number of rotatable bonds is 1. The fourth-order valence-electron chi connectivity index (χ4n) is 0.485. The number of hydrogen-bond donors (Lipinski definition) is 0. The van der Waals surface area contributed by atoms with E-state index < -0.39 is 0 Å². The highest BCUT2D eigenvalue weighted by molar-refractivity contribution is 9.10. The van der Waals surface area contributed by atoms with E-state index in [-0.39, 0.29) is 12.4 Å². The van der Waals surface area contributed by atoms with E-state index in [4.69, 9.17) is 4.42 Å². The molecule has 1 aromatic rings. The number of hydrogen-bond acceptors (Lipinski definition) is 2. The second-order valence-corrected chi connectivity index (χ2v) is 2.15. The summed E-state index contributed by atoms with van der Waals surface area (Å²) in [5.41, 5.74) is 0.977. The van der Waals surface area contributed by atoms with Crippen LogP contribution in [-0.2, 0) is 6.42 Å². The molecule has 0 saturated carbocycles. The van der Waals surface area contributed by atoms with E-state index >= 15 is 0 Å². The van der Waals surface area contributed by atoms with Gasteiger partial charge in [-0.1, -0.05) is 6.92 Å². The summed E-state index contributed by atoms with van der Waals surface area (Å²) in [7, 11) is 0. The number of aryl methyl sites for hydroxylation is 1. The molecule has 0 aliphatic carbocycles. The van der Waals surface area contributed by atoms with E-state index in [1.165, 1.54) is 6.39 Å². The molecule has 4 heteroatoms. The van der Waals surface area contributed by atoms with Crippen molar-refractivity contribution in [2.45, 2.75) is 13.3 Å². The molecule has 2 nitrogen and oxygen atoms in total. The van der Waals surface area contributed by atoms with Crippen LogP contribution >= 0.6 is 28.3 Å². The molecule has 0 saturated heterocycles. The van der Waals surface area contributed by atoms with Gasteiger partial charge in [0.1, 0.15) is 0 Å². The molecule has 1 heterocycles. The van der Waals surface area contributed by atoms with Gasteiger partial charge in [0.25, 0.3) is 0 Å². The maximum atomic E-state index is 4.86. The fourth-order valence-corrected chi connectivity index (χ4v) is 0.952. The van der Waals surface area contributed by atoms with Crippen molar-refractivity contribution in [2.75, 3.05) is 0 Å². The molecule has 0 amide bonds. The third kappa shape index (κ3) is 1.99. The topological polar surface area (TPSA) is 26.0 Å². The summed E-state index contributed by atoms with van der Waals surface area (Å²) < 4.78 is 5.61. The Balaban J connectivity index is 0.000000640. The van der Waals surface area contributed by atoms with Crippen molar-refractivity contribution < 1.29 is 4.42 Å². The zero-order chi connectivity index (χ0) is 5.98. The Hall–Kier alpha value is -0.0200. The van der Waals surface area contributed by atoms with Crippen molar-refractivity contribution >= 4 is 28.3 Å². The van der Waals surface area contributed by atoms with E-state index in [1.807, 2.05) is 6.92 Å². The van der Waals surface area contributed by atoms with Crippen molar-refractivity contribution in [1.29, 1.82) is 0 Å². The average molecular weight is 212 g/mol. The van der Waals surface area contributed by atoms with E-state index in [0.29, 0.717) is 0 Å². The van der Waals surface area contributed by atoms with E-state index in [9.17, 15) is 0 Å². The molecule has 52 valence electrons. The van der Waals surface area contributed by atoms with Crippen molar-refractivity contribution in [1.82, 2.24) is 4.98 Å². The van der Waals surface area contributed by atoms with Gasteiger partial charge in [-0.05, 0) is 22.4 Å². The van der Waals surface area contributed by atoms with Gasteiger partial charge < -0.3 is 4.42 Å². The minimum atomic E-state index is 0. The van der Waals surface area contributed by atoms with Crippen LogP contribution in [0.5, 0.6) is 0 Å². The highest BCUT2D eigenvalue weighted by Crippen LogP contribution is 2.13. The van der Waals surface area contributed by atoms with Crippen LogP contribution in [-0.4, -0.2) is 4.98 Å². The minimum absolute atomic E-state index is 0. The molecular formula is C5H7BrClNO. The Labute approximate surface area is 68.2 Å². The SMILES string of the molecule is CCc1ncoc1Br.Cl. The van der Waals surface area contributed by atoms with Crippen molar-refractivity contribution in [3.05, 3.63) is 16.8 Å². The largest absolute Gasteiger partial charge is 0.436 e. The Bertz CT molecular complexity index is 177. The summed E-state index contributed by atoms with van der Waals surface area (Å²) >= 11 is 3.20. The molecule has 0 atom stereocenters. The van der Waals surface area contributed by atoms with Gasteiger partial charge in [-0.2, -0.15) is 0 Å². The Morgan fingerprint density at radius 1 is 1.78 bits per heavy atom. The molecule has 0 bridgehead atoms. The van der Waals surface area contributed by atoms with Gasteiger partial charge in [0.15, 0.2) is 11.1 Å². The maximum Gasteiger partial charge on any atom is 0.192 e. The van der Waals surface area contributed by atoms with Gasteiger partial charge in [-0.25, -0.2) is 4.98 Å². The summed E-state index contributed by atoms with van der Waals surface area (Å²) in [4.78, 5) is 3.92. The van der Waals surface area contributed by atoms with Crippen LogP contribution in [0.1, 0.15) is 12.6 Å². The lowest BCUT2D eigenvalue weighted by Crippen LogP contribution is -1.76. The first-order valence-corrected chi connectivity index (χ1v) is 3.21. The maximum absolute atomic E-state index is 4.86. The summed E-state index contributed by atoms with van der Waals surface area (Å²) in [6.07, 6.45) is 2.35. The Kier molecular flexibility index (Phi) is 3.89. The lowest BCUT2D eigenvalue weighted by Gasteiger charge is -1.82.